The summed E-state index contributed by atoms with van der Waals surface area (Å²) in [5, 5.41) is 4.29. The van der Waals surface area contributed by atoms with Crippen molar-refractivity contribution in [3.8, 4) is 5.75 Å². The Hall–Kier alpha value is -1.84. The number of benzene rings is 2. The van der Waals surface area contributed by atoms with E-state index in [1.54, 1.807) is 0 Å². The van der Waals surface area contributed by atoms with Gasteiger partial charge in [-0.3, -0.25) is 4.79 Å². The number of aryl methyl sites for hydroxylation is 1. The van der Waals surface area contributed by atoms with Gasteiger partial charge in [0.2, 0.25) is 0 Å². The normalized spacial score (nSPS) is 12.6. The SMILES string of the molecule is CCCCc1cc(C(=O)CCCCNCCc2ccccc2Cl)cc2c1OCC2. The lowest BCUT2D eigenvalue weighted by atomic mass is 9.96. The van der Waals surface area contributed by atoms with Crippen molar-refractivity contribution < 1.29 is 9.53 Å². The monoisotopic (exact) mass is 413 g/mol. The third-order valence-electron chi connectivity index (χ3n) is 5.52. The quantitative estimate of drug-likeness (QED) is 0.353. The van der Waals surface area contributed by atoms with E-state index in [1.165, 1.54) is 16.7 Å². The molecule has 0 amide bonds. The van der Waals surface area contributed by atoms with E-state index in [-0.39, 0.29) is 5.78 Å². The molecule has 0 fully saturated rings. The maximum Gasteiger partial charge on any atom is 0.162 e. The molecule has 1 N–H and O–H groups in total. The fourth-order valence-electron chi connectivity index (χ4n) is 3.83. The van der Waals surface area contributed by atoms with Crippen LogP contribution in [0.2, 0.25) is 5.02 Å². The summed E-state index contributed by atoms with van der Waals surface area (Å²) in [6.07, 6.45) is 7.65. The van der Waals surface area contributed by atoms with E-state index in [4.69, 9.17) is 16.3 Å². The van der Waals surface area contributed by atoms with E-state index in [0.717, 1.165) is 81.0 Å². The summed E-state index contributed by atoms with van der Waals surface area (Å²) in [5.74, 6) is 1.30. The highest BCUT2D eigenvalue weighted by atomic mass is 35.5. The van der Waals surface area contributed by atoms with Crippen LogP contribution in [0.15, 0.2) is 36.4 Å². The van der Waals surface area contributed by atoms with Gasteiger partial charge in [0, 0.05) is 23.4 Å². The topological polar surface area (TPSA) is 38.3 Å². The van der Waals surface area contributed by atoms with Crippen molar-refractivity contribution >= 4 is 17.4 Å². The molecule has 3 rings (SSSR count). The zero-order valence-electron chi connectivity index (χ0n) is 17.4. The molecule has 0 aliphatic carbocycles. The van der Waals surface area contributed by atoms with Gasteiger partial charge in [-0.25, -0.2) is 0 Å². The molecule has 1 aliphatic rings. The average molecular weight is 414 g/mol. The molecule has 2 aromatic rings. The maximum absolute atomic E-state index is 12.7. The number of nitrogens with one attached hydrogen (secondary N) is 1. The van der Waals surface area contributed by atoms with Crippen molar-refractivity contribution in [2.75, 3.05) is 19.7 Å². The Bertz CT molecular complexity index is 818. The Morgan fingerprint density at radius 1 is 1.07 bits per heavy atom. The number of carbonyl (C=O) groups excluding carboxylic acids is 1. The van der Waals surface area contributed by atoms with E-state index < -0.39 is 0 Å². The molecule has 1 aliphatic heterocycles. The van der Waals surface area contributed by atoms with Gasteiger partial charge in [0.1, 0.15) is 5.75 Å². The average Bonchev–Trinajstić information content (AvgIpc) is 3.21. The second-order valence-electron chi connectivity index (χ2n) is 7.80. The van der Waals surface area contributed by atoms with E-state index in [2.05, 4.69) is 30.4 Å². The molecule has 0 bridgehead atoms. The third kappa shape index (κ3) is 6.32. The molecular weight excluding hydrogens is 382 g/mol. The third-order valence-corrected chi connectivity index (χ3v) is 5.89. The highest BCUT2D eigenvalue weighted by molar-refractivity contribution is 6.31. The van der Waals surface area contributed by atoms with Gasteiger partial charge >= 0.3 is 0 Å². The zero-order valence-corrected chi connectivity index (χ0v) is 18.2. The first-order valence-electron chi connectivity index (χ1n) is 10.9. The molecule has 1 heterocycles. The van der Waals surface area contributed by atoms with Crippen LogP contribution in [0.5, 0.6) is 5.75 Å². The summed E-state index contributed by atoms with van der Waals surface area (Å²) in [7, 11) is 0. The van der Waals surface area contributed by atoms with Crippen LogP contribution in [0, 0.1) is 0 Å². The van der Waals surface area contributed by atoms with Gasteiger partial charge in [-0.1, -0.05) is 43.1 Å². The summed E-state index contributed by atoms with van der Waals surface area (Å²) < 4.78 is 5.81. The Labute approximate surface area is 179 Å². The van der Waals surface area contributed by atoms with Gasteiger partial charge in [-0.05, 0) is 80.1 Å². The molecule has 0 atom stereocenters. The molecule has 29 heavy (non-hydrogen) atoms. The first-order chi connectivity index (χ1) is 14.2. The van der Waals surface area contributed by atoms with Gasteiger partial charge in [-0.2, -0.15) is 0 Å². The predicted molar refractivity (Wildman–Crippen MR) is 120 cm³/mol. The molecule has 0 saturated carbocycles. The summed E-state index contributed by atoms with van der Waals surface area (Å²) >= 11 is 6.18. The number of carbonyl (C=O) groups is 1. The number of rotatable bonds is 12. The fourth-order valence-corrected chi connectivity index (χ4v) is 4.06. The van der Waals surface area contributed by atoms with Crippen LogP contribution < -0.4 is 10.1 Å². The molecule has 0 unspecified atom stereocenters. The standard InChI is InChI=1S/C25H32ClNO2/c1-2-3-8-20-17-22(18-21-13-16-29-25(20)21)24(28)11-6-7-14-27-15-12-19-9-4-5-10-23(19)26/h4-5,9-10,17-18,27H,2-3,6-8,11-16H2,1H3. The first kappa shape index (κ1) is 21.9. The number of Topliss-reactive ketones (excluding diaryl/α,β-unsaturated/α-hetero) is 1. The zero-order chi connectivity index (χ0) is 20.5. The van der Waals surface area contributed by atoms with Crippen LogP contribution in [0.25, 0.3) is 0 Å². The van der Waals surface area contributed by atoms with E-state index >= 15 is 0 Å². The minimum Gasteiger partial charge on any atom is -0.493 e. The number of unbranched alkanes of at least 4 members (excludes halogenated alkanes) is 2. The van der Waals surface area contributed by atoms with Crippen LogP contribution in [-0.2, 0) is 19.3 Å². The molecule has 0 spiro atoms. The van der Waals surface area contributed by atoms with Gasteiger partial charge in [-0.15, -0.1) is 0 Å². The number of ketones is 1. The number of fused-ring (bicyclic) bond motifs is 1. The molecule has 0 aromatic heterocycles. The molecule has 3 nitrogen and oxygen atoms in total. The van der Waals surface area contributed by atoms with Crippen molar-refractivity contribution in [2.24, 2.45) is 0 Å². The molecular formula is C25H32ClNO2. The Kier molecular flexibility index (Phi) is 8.57. The van der Waals surface area contributed by atoms with Gasteiger partial charge in [0.15, 0.2) is 5.78 Å². The number of hydrogen-bond acceptors (Lipinski definition) is 3. The predicted octanol–water partition coefficient (Wildman–Crippen LogP) is 5.80. The van der Waals surface area contributed by atoms with Crippen molar-refractivity contribution in [3.05, 3.63) is 63.7 Å². The van der Waals surface area contributed by atoms with E-state index in [1.807, 2.05) is 18.2 Å². The highest BCUT2D eigenvalue weighted by Gasteiger charge is 2.19. The lowest BCUT2D eigenvalue weighted by Crippen LogP contribution is -2.18. The smallest absolute Gasteiger partial charge is 0.162 e. The minimum atomic E-state index is 0.258. The Morgan fingerprint density at radius 3 is 2.76 bits per heavy atom. The second-order valence-corrected chi connectivity index (χ2v) is 8.20. The highest BCUT2D eigenvalue weighted by Crippen LogP contribution is 2.32. The Balaban J connectivity index is 1.40. The molecule has 0 saturated heterocycles. The molecule has 4 heteroatoms. The van der Waals surface area contributed by atoms with Crippen molar-refractivity contribution in [2.45, 2.75) is 58.3 Å². The van der Waals surface area contributed by atoms with E-state index in [0.29, 0.717) is 6.42 Å². The maximum atomic E-state index is 12.7. The van der Waals surface area contributed by atoms with Crippen LogP contribution in [0.3, 0.4) is 0 Å². The van der Waals surface area contributed by atoms with Gasteiger partial charge < -0.3 is 10.1 Å². The number of ether oxygens (including phenoxy) is 1. The summed E-state index contributed by atoms with van der Waals surface area (Å²) in [6, 6.07) is 12.1. The van der Waals surface area contributed by atoms with Crippen LogP contribution in [0.1, 0.15) is 66.1 Å². The van der Waals surface area contributed by atoms with Crippen molar-refractivity contribution in [3.63, 3.8) is 0 Å². The Morgan fingerprint density at radius 2 is 1.93 bits per heavy atom. The van der Waals surface area contributed by atoms with Crippen molar-refractivity contribution in [1.82, 2.24) is 5.32 Å². The fraction of sp³-hybridized carbons (Fsp3) is 0.480. The van der Waals surface area contributed by atoms with E-state index in [9.17, 15) is 4.79 Å². The largest absolute Gasteiger partial charge is 0.493 e. The first-order valence-corrected chi connectivity index (χ1v) is 11.3. The summed E-state index contributed by atoms with van der Waals surface area (Å²) in [5.41, 5.74) is 4.47. The number of halogens is 1. The van der Waals surface area contributed by atoms with Crippen LogP contribution >= 0.6 is 11.6 Å². The molecule has 0 radical (unpaired) electrons. The lowest BCUT2D eigenvalue weighted by Gasteiger charge is -2.11. The summed E-state index contributed by atoms with van der Waals surface area (Å²) in [4.78, 5) is 12.7. The van der Waals surface area contributed by atoms with Crippen LogP contribution in [0.4, 0.5) is 0 Å². The molecule has 156 valence electrons. The lowest BCUT2D eigenvalue weighted by molar-refractivity contribution is 0.0979. The summed E-state index contributed by atoms with van der Waals surface area (Å²) in [6.45, 7) is 4.77. The second kappa shape index (κ2) is 11.4. The number of hydrogen-bond donors (Lipinski definition) is 1. The van der Waals surface area contributed by atoms with Crippen molar-refractivity contribution in [1.29, 1.82) is 0 Å². The minimum absolute atomic E-state index is 0.258. The molecule has 2 aromatic carbocycles. The van der Waals surface area contributed by atoms with Gasteiger partial charge in [0.05, 0.1) is 6.61 Å². The van der Waals surface area contributed by atoms with Gasteiger partial charge in [0.25, 0.3) is 0 Å². The van der Waals surface area contributed by atoms with Crippen LogP contribution in [-0.4, -0.2) is 25.5 Å².